The minimum absolute atomic E-state index is 0.139. The Morgan fingerprint density at radius 1 is 1.52 bits per heavy atom. The van der Waals surface area contributed by atoms with Gasteiger partial charge in [-0.2, -0.15) is 0 Å². The highest BCUT2D eigenvalue weighted by Crippen LogP contribution is 2.31. The number of benzene rings is 1. The Labute approximate surface area is 124 Å². The molecule has 3 atom stereocenters. The van der Waals surface area contributed by atoms with Gasteiger partial charge in [-0.1, -0.05) is 42.8 Å². The number of hydrogen-bond donors (Lipinski definition) is 1. The monoisotopic (exact) mass is 283 g/mol. The molecule has 1 saturated heterocycles. The number of rotatable bonds is 5. The third kappa shape index (κ3) is 2.63. The van der Waals surface area contributed by atoms with Crippen LogP contribution in [0, 0.1) is 12.3 Å². The lowest BCUT2D eigenvalue weighted by Gasteiger charge is -2.47. The van der Waals surface area contributed by atoms with E-state index in [0.29, 0.717) is 5.57 Å². The number of aliphatic hydroxyl groups excluding tert-OH is 1. The van der Waals surface area contributed by atoms with Crippen LogP contribution in [0.15, 0.2) is 42.6 Å². The number of β-lactam (4-membered cyclic amide) rings is 1. The zero-order valence-electron chi connectivity index (χ0n) is 11.8. The zero-order valence-corrected chi connectivity index (χ0v) is 11.8. The van der Waals surface area contributed by atoms with Gasteiger partial charge in [-0.25, -0.2) is 0 Å². The highest BCUT2D eigenvalue weighted by atomic mass is 16.5. The van der Waals surface area contributed by atoms with Crippen LogP contribution in [-0.4, -0.2) is 47.8 Å². The number of carbonyl (C=O) groups is 1. The third-order valence-corrected chi connectivity index (χ3v) is 3.61. The molecule has 0 saturated carbocycles. The Morgan fingerprint density at radius 2 is 2.19 bits per heavy atom. The van der Waals surface area contributed by atoms with Crippen LogP contribution in [0.3, 0.4) is 0 Å². The first kappa shape index (κ1) is 15.1. The van der Waals surface area contributed by atoms with Crippen molar-refractivity contribution >= 4 is 11.5 Å². The Balaban J connectivity index is 2.29. The number of hydrogen-bond acceptors (Lipinski definition) is 3. The Bertz CT molecular complexity index is 611. The summed E-state index contributed by atoms with van der Waals surface area (Å²) in [6, 6.07) is 8.78. The normalized spacial score (nSPS) is 22.0. The molecule has 0 unspecified atom stereocenters. The fourth-order valence-corrected chi connectivity index (χ4v) is 2.56. The minimum atomic E-state index is -0.958. The van der Waals surface area contributed by atoms with Gasteiger partial charge in [0.15, 0.2) is 6.10 Å². The van der Waals surface area contributed by atoms with E-state index in [1.807, 2.05) is 30.3 Å². The van der Waals surface area contributed by atoms with Crippen molar-refractivity contribution in [2.45, 2.75) is 18.2 Å². The highest BCUT2D eigenvalue weighted by Gasteiger charge is 2.51. The number of methoxy groups -OCH3 is 1. The van der Waals surface area contributed by atoms with E-state index in [1.54, 1.807) is 0 Å². The number of carbonyl (C=O) groups excluding carboxylic acids is 1. The van der Waals surface area contributed by atoms with Crippen molar-refractivity contribution in [3.63, 3.8) is 0 Å². The van der Waals surface area contributed by atoms with Gasteiger partial charge in [-0.3, -0.25) is 4.79 Å². The molecule has 1 aliphatic heterocycles. The average molecular weight is 283 g/mol. The maximum absolute atomic E-state index is 11.9. The summed E-state index contributed by atoms with van der Waals surface area (Å²) in [5.41, 5.74) is 4.09. The van der Waals surface area contributed by atoms with Gasteiger partial charge in [0.1, 0.15) is 6.10 Å². The molecule has 0 aliphatic carbocycles. The topological polar surface area (TPSA) is 49.8 Å². The van der Waals surface area contributed by atoms with Crippen LogP contribution in [0.5, 0.6) is 0 Å². The lowest BCUT2D eigenvalue weighted by molar-refractivity contribution is -0.175. The van der Waals surface area contributed by atoms with Crippen molar-refractivity contribution in [3.05, 3.63) is 48.2 Å². The van der Waals surface area contributed by atoms with Gasteiger partial charge in [0.25, 0.3) is 5.91 Å². The molecule has 1 amide bonds. The van der Waals surface area contributed by atoms with Crippen LogP contribution in [-0.2, 0) is 9.53 Å². The smallest absolute Gasteiger partial charge is 0.255 e. The maximum Gasteiger partial charge on any atom is 0.255 e. The second-order valence-corrected chi connectivity index (χ2v) is 4.72. The first-order valence-electron chi connectivity index (χ1n) is 6.55. The van der Waals surface area contributed by atoms with E-state index < -0.39 is 18.2 Å². The van der Waals surface area contributed by atoms with E-state index in [-0.39, 0.29) is 12.5 Å². The number of terminal acetylenes is 1. The lowest BCUT2D eigenvalue weighted by Crippen LogP contribution is -2.69. The predicted octanol–water partition coefficient (Wildman–Crippen LogP) is 1.07. The molecule has 0 bridgehead atoms. The quantitative estimate of drug-likeness (QED) is 0.500. The van der Waals surface area contributed by atoms with E-state index in [4.69, 9.17) is 11.2 Å². The molecular weight excluding hydrogens is 266 g/mol. The Kier molecular flexibility index (Phi) is 4.62. The van der Waals surface area contributed by atoms with Crippen LogP contribution < -0.4 is 0 Å². The van der Waals surface area contributed by atoms with Crippen molar-refractivity contribution in [1.29, 1.82) is 0 Å². The zero-order chi connectivity index (χ0) is 15.4. The molecular formula is C17H17NO3. The van der Waals surface area contributed by atoms with E-state index in [2.05, 4.69) is 18.2 Å². The average Bonchev–Trinajstić information content (AvgIpc) is 2.51. The van der Waals surface area contributed by atoms with Gasteiger partial charge in [-0.15, -0.1) is 12.2 Å². The van der Waals surface area contributed by atoms with E-state index in [0.717, 1.165) is 5.56 Å². The lowest BCUT2D eigenvalue weighted by atomic mass is 9.86. The molecule has 0 spiro atoms. The summed E-state index contributed by atoms with van der Waals surface area (Å²) in [4.78, 5) is 13.3. The molecule has 2 rings (SSSR count). The molecule has 1 fully saturated rings. The molecule has 0 aromatic heterocycles. The fourth-order valence-electron chi connectivity index (χ4n) is 2.56. The first-order chi connectivity index (χ1) is 10.2. The molecule has 1 aliphatic rings. The number of nitrogens with zero attached hydrogens (tertiary/aromatic N) is 1. The molecule has 0 radical (unpaired) electrons. The fraction of sp³-hybridized carbons (Fsp3) is 0.294. The van der Waals surface area contributed by atoms with Gasteiger partial charge in [0, 0.05) is 12.7 Å². The SMILES string of the molecule is C#CCN1C(=O)[C@H](OC)[C@@H]1[C@H](O)C(=C=C)c1ccccc1. The molecule has 108 valence electrons. The number of likely N-dealkylation sites (tertiary alicyclic amines) is 1. The summed E-state index contributed by atoms with van der Waals surface area (Å²) in [5, 5.41) is 10.6. The summed E-state index contributed by atoms with van der Waals surface area (Å²) in [5.74, 6) is 2.21. The standard InChI is InChI=1S/C17H17NO3/c1-4-11-18-14(16(21-3)17(18)20)15(19)13(5-2)12-9-7-6-8-10-12/h1,6-10,14-16,19H,2,11H2,3H3/t14-,15+,16+/m0/s1. The summed E-state index contributed by atoms with van der Waals surface area (Å²) < 4.78 is 5.16. The van der Waals surface area contributed by atoms with Gasteiger partial charge in [0.05, 0.1) is 12.6 Å². The third-order valence-electron chi connectivity index (χ3n) is 3.61. The van der Waals surface area contributed by atoms with E-state index in [1.165, 1.54) is 12.0 Å². The molecule has 4 nitrogen and oxygen atoms in total. The molecule has 21 heavy (non-hydrogen) atoms. The second kappa shape index (κ2) is 6.43. The van der Waals surface area contributed by atoms with Crippen molar-refractivity contribution in [1.82, 2.24) is 4.90 Å². The van der Waals surface area contributed by atoms with Crippen molar-refractivity contribution < 1.29 is 14.6 Å². The van der Waals surface area contributed by atoms with E-state index in [9.17, 15) is 9.90 Å². The predicted molar refractivity (Wildman–Crippen MR) is 80.1 cm³/mol. The molecule has 1 N–H and O–H groups in total. The summed E-state index contributed by atoms with van der Waals surface area (Å²) in [7, 11) is 1.44. The molecule has 1 aromatic carbocycles. The van der Waals surface area contributed by atoms with Crippen LogP contribution >= 0.6 is 0 Å². The van der Waals surface area contributed by atoms with Crippen LogP contribution in [0.2, 0.25) is 0 Å². The number of aliphatic hydroxyl groups is 1. The maximum atomic E-state index is 11.9. The van der Waals surface area contributed by atoms with Crippen molar-refractivity contribution in [2.75, 3.05) is 13.7 Å². The van der Waals surface area contributed by atoms with E-state index >= 15 is 0 Å². The van der Waals surface area contributed by atoms with Gasteiger partial charge >= 0.3 is 0 Å². The Hall–Kier alpha value is -2.31. The largest absolute Gasteiger partial charge is 0.385 e. The summed E-state index contributed by atoms with van der Waals surface area (Å²) >= 11 is 0. The van der Waals surface area contributed by atoms with Gasteiger partial charge < -0.3 is 14.7 Å². The summed E-state index contributed by atoms with van der Waals surface area (Å²) in [6.07, 6.45) is 3.62. The first-order valence-corrected chi connectivity index (χ1v) is 6.55. The number of amides is 1. The van der Waals surface area contributed by atoms with Gasteiger partial charge in [-0.05, 0) is 5.56 Å². The summed E-state index contributed by atoms with van der Waals surface area (Å²) in [6.45, 7) is 3.77. The van der Waals surface area contributed by atoms with Crippen LogP contribution in [0.25, 0.3) is 5.57 Å². The minimum Gasteiger partial charge on any atom is -0.385 e. The number of ether oxygens (including phenoxy) is 1. The molecule has 4 heteroatoms. The molecule has 1 aromatic rings. The Morgan fingerprint density at radius 3 is 2.71 bits per heavy atom. The molecule has 1 heterocycles. The van der Waals surface area contributed by atoms with Crippen LogP contribution in [0.1, 0.15) is 5.56 Å². The van der Waals surface area contributed by atoms with Gasteiger partial charge in [0.2, 0.25) is 0 Å². The van der Waals surface area contributed by atoms with Crippen LogP contribution in [0.4, 0.5) is 0 Å². The second-order valence-electron chi connectivity index (χ2n) is 4.72. The highest BCUT2D eigenvalue weighted by molar-refractivity contribution is 5.90. The van der Waals surface area contributed by atoms with Crippen molar-refractivity contribution in [3.8, 4) is 12.3 Å². The van der Waals surface area contributed by atoms with Crippen molar-refractivity contribution in [2.24, 2.45) is 0 Å².